The summed E-state index contributed by atoms with van der Waals surface area (Å²) in [5, 5.41) is 8.02. The van der Waals surface area contributed by atoms with Crippen molar-refractivity contribution in [1.82, 2.24) is 10.3 Å². The highest BCUT2D eigenvalue weighted by molar-refractivity contribution is 7.14. The fraction of sp³-hybridized carbons (Fsp3) is 0.261. The summed E-state index contributed by atoms with van der Waals surface area (Å²) in [6.07, 6.45) is 0.776. The Labute approximate surface area is 180 Å². The number of nitrogens with one attached hydrogen (secondary N) is 2. The van der Waals surface area contributed by atoms with Crippen molar-refractivity contribution >= 4 is 28.3 Å². The number of thiazole rings is 1. The topological polar surface area (TPSA) is 80.3 Å². The molecule has 0 fully saturated rings. The fourth-order valence-electron chi connectivity index (χ4n) is 2.85. The Morgan fingerprint density at radius 1 is 1.10 bits per heavy atom. The summed E-state index contributed by atoms with van der Waals surface area (Å²) >= 11 is 1.38. The predicted molar refractivity (Wildman–Crippen MR) is 120 cm³/mol. The number of nitrogens with zero attached hydrogens (tertiary/aromatic N) is 1. The first-order valence-electron chi connectivity index (χ1n) is 9.70. The zero-order chi connectivity index (χ0) is 21.5. The summed E-state index contributed by atoms with van der Waals surface area (Å²) < 4.78 is 5.64. The van der Waals surface area contributed by atoms with Crippen LogP contribution in [-0.4, -0.2) is 29.9 Å². The van der Waals surface area contributed by atoms with Crippen LogP contribution in [0.2, 0.25) is 0 Å². The van der Waals surface area contributed by atoms with E-state index in [2.05, 4.69) is 15.6 Å². The molecule has 30 heavy (non-hydrogen) atoms. The van der Waals surface area contributed by atoms with Crippen LogP contribution in [0.1, 0.15) is 23.6 Å². The second-order valence-electron chi connectivity index (χ2n) is 7.07. The van der Waals surface area contributed by atoms with E-state index in [9.17, 15) is 9.59 Å². The van der Waals surface area contributed by atoms with E-state index in [1.807, 2.05) is 61.7 Å². The van der Waals surface area contributed by atoms with Crippen LogP contribution in [0.4, 0.5) is 5.13 Å². The van der Waals surface area contributed by atoms with Gasteiger partial charge in [0.15, 0.2) is 11.7 Å². The lowest BCUT2D eigenvalue weighted by molar-refractivity contribution is -0.119. The van der Waals surface area contributed by atoms with Gasteiger partial charge in [0.05, 0.1) is 5.69 Å². The molecule has 0 aliphatic carbocycles. The summed E-state index contributed by atoms with van der Waals surface area (Å²) in [6, 6.07) is 13.9. The summed E-state index contributed by atoms with van der Waals surface area (Å²) in [7, 11) is 0. The van der Waals surface area contributed by atoms with E-state index in [-0.39, 0.29) is 18.4 Å². The molecule has 1 aromatic heterocycles. The van der Waals surface area contributed by atoms with Crippen molar-refractivity contribution < 1.29 is 14.3 Å². The molecule has 0 spiro atoms. The largest absolute Gasteiger partial charge is 0.483 e. The third kappa shape index (κ3) is 6.15. The molecule has 0 bridgehead atoms. The Morgan fingerprint density at radius 2 is 1.87 bits per heavy atom. The summed E-state index contributed by atoms with van der Waals surface area (Å²) in [5.41, 5.74) is 4.99. The molecule has 156 valence electrons. The maximum Gasteiger partial charge on any atom is 0.264 e. The molecule has 0 aliphatic heterocycles. The minimum Gasteiger partial charge on any atom is -0.483 e. The number of aryl methyl sites for hydroxylation is 2. The Hall–Kier alpha value is -3.19. The molecule has 3 aromatic rings. The van der Waals surface area contributed by atoms with Crippen LogP contribution in [-0.2, 0) is 16.0 Å². The van der Waals surface area contributed by atoms with E-state index >= 15 is 0 Å². The minimum absolute atomic E-state index is 0.0249. The van der Waals surface area contributed by atoms with Crippen LogP contribution in [0.25, 0.3) is 11.3 Å². The molecular weight excluding hydrogens is 398 g/mol. The van der Waals surface area contributed by atoms with Crippen LogP contribution in [0.3, 0.4) is 0 Å². The van der Waals surface area contributed by atoms with Gasteiger partial charge in [-0.25, -0.2) is 4.98 Å². The number of hydrogen-bond acceptors (Lipinski definition) is 5. The zero-order valence-corrected chi connectivity index (χ0v) is 18.1. The van der Waals surface area contributed by atoms with Gasteiger partial charge in [0.1, 0.15) is 5.75 Å². The molecular formula is C23H25N3O3S. The number of ether oxygens (including phenoxy) is 1. The smallest absolute Gasteiger partial charge is 0.264 e. The Kier molecular flexibility index (Phi) is 7.19. The highest BCUT2D eigenvalue weighted by atomic mass is 32.1. The average Bonchev–Trinajstić information content (AvgIpc) is 3.17. The third-order valence-corrected chi connectivity index (χ3v) is 5.25. The molecule has 0 unspecified atom stereocenters. The molecule has 0 saturated carbocycles. The van der Waals surface area contributed by atoms with Gasteiger partial charge >= 0.3 is 0 Å². The van der Waals surface area contributed by atoms with E-state index in [4.69, 9.17) is 4.74 Å². The molecule has 3 rings (SSSR count). The second-order valence-corrected chi connectivity index (χ2v) is 7.93. The van der Waals surface area contributed by atoms with Gasteiger partial charge in [-0.15, -0.1) is 11.3 Å². The van der Waals surface area contributed by atoms with Crippen molar-refractivity contribution in [1.29, 1.82) is 0 Å². The number of amides is 2. The molecule has 6 nitrogen and oxygen atoms in total. The predicted octanol–water partition coefficient (Wildman–Crippen LogP) is 4.12. The molecule has 0 radical (unpaired) electrons. The van der Waals surface area contributed by atoms with Crippen LogP contribution >= 0.6 is 11.3 Å². The van der Waals surface area contributed by atoms with E-state index in [0.717, 1.165) is 34.4 Å². The molecule has 2 amide bonds. The highest BCUT2D eigenvalue weighted by Crippen LogP contribution is 2.25. The van der Waals surface area contributed by atoms with Gasteiger partial charge < -0.3 is 10.1 Å². The number of anilines is 1. The van der Waals surface area contributed by atoms with Gasteiger partial charge in [0.25, 0.3) is 5.91 Å². The van der Waals surface area contributed by atoms with Crippen LogP contribution in [0.15, 0.2) is 47.8 Å². The normalized spacial score (nSPS) is 10.5. The average molecular weight is 424 g/mol. The maximum absolute atomic E-state index is 12.2. The van der Waals surface area contributed by atoms with Gasteiger partial charge in [-0.1, -0.05) is 36.4 Å². The Bertz CT molecular complexity index is 1030. The number of carbonyl (C=O) groups is 2. The van der Waals surface area contributed by atoms with E-state index in [0.29, 0.717) is 17.4 Å². The van der Waals surface area contributed by atoms with E-state index < -0.39 is 0 Å². The highest BCUT2D eigenvalue weighted by Gasteiger charge is 2.10. The van der Waals surface area contributed by atoms with Crippen molar-refractivity contribution in [2.45, 2.75) is 27.2 Å². The van der Waals surface area contributed by atoms with Gasteiger partial charge in [-0.2, -0.15) is 0 Å². The van der Waals surface area contributed by atoms with Gasteiger partial charge in [-0.05, 0) is 43.0 Å². The van der Waals surface area contributed by atoms with Crippen LogP contribution < -0.4 is 15.4 Å². The van der Waals surface area contributed by atoms with Gasteiger partial charge in [0.2, 0.25) is 5.91 Å². The lowest BCUT2D eigenvalue weighted by Crippen LogP contribution is -2.22. The van der Waals surface area contributed by atoms with Crippen molar-refractivity contribution in [3.63, 3.8) is 0 Å². The number of aromatic nitrogens is 1. The Balaban J connectivity index is 1.53. The third-order valence-electron chi connectivity index (χ3n) is 4.49. The Morgan fingerprint density at radius 3 is 2.60 bits per heavy atom. The molecule has 0 aliphatic rings. The van der Waals surface area contributed by atoms with E-state index in [1.165, 1.54) is 18.3 Å². The monoisotopic (exact) mass is 423 g/mol. The standard InChI is InChI=1S/C23H25N3O3S/c1-15-4-5-16(2)21(12-15)29-13-22(28)26-23-25-20(14-30-23)19-8-6-18(7-9-19)10-11-24-17(3)27/h4-9,12,14H,10-11,13H2,1-3H3,(H,24,27)(H,25,26,28). The van der Waals surface area contributed by atoms with Gasteiger partial charge in [0, 0.05) is 24.4 Å². The van der Waals surface area contributed by atoms with Crippen molar-refractivity contribution in [3.05, 3.63) is 64.5 Å². The van der Waals surface area contributed by atoms with Gasteiger partial charge in [-0.3, -0.25) is 14.9 Å². The van der Waals surface area contributed by atoms with Crippen LogP contribution in [0, 0.1) is 13.8 Å². The first kappa shape index (κ1) is 21.5. The van der Waals surface area contributed by atoms with Crippen LogP contribution in [0.5, 0.6) is 5.75 Å². The van der Waals surface area contributed by atoms with E-state index in [1.54, 1.807) is 0 Å². The first-order valence-corrected chi connectivity index (χ1v) is 10.6. The zero-order valence-electron chi connectivity index (χ0n) is 17.3. The number of rotatable bonds is 8. The molecule has 0 atom stereocenters. The summed E-state index contributed by atoms with van der Waals surface area (Å²) in [6.45, 7) is 6.00. The molecule has 1 heterocycles. The number of hydrogen-bond donors (Lipinski definition) is 2. The molecule has 7 heteroatoms. The van der Waals surface area contributed by atoms with Crippen molar-refractivity contribution in [3.8, 4) is 17.0 Å². The summed E-state index contributed by atoms with van der Waals surface area (Å²) in [4.78, 5) is 27.7. The molecule has 2 aromatic carbocycles. The quantitative estimate of drug-likeness (QED) is 0.571. The number of benzene rings is 2. The minimum atomic E-state index is -0.245. The first-order chi connectivity index (χ1) is 14.4. The fourth-order valence-corrected chi connectivity index (χ4v) is 3.59. The molecule has 2 N–H and O–H groups in total. The summed E-state index contributed by atoms with van der Waals surface area (Å²) in [5.74, 6) is 0.441. The molecule has 0 saturated heterocycles. The lowest BCUT2D eigenvalue weighted by Gasteiger charge is -2.09. The lowest BCUT2D eigenvalue weighted by atomic mass is 10.1. The van der Waals surface area contributed by atoms with Crippen molar-refractivity contribution in [2.75, 3.05) is 18.5 Å². The van der Waals surface area contributed by atoms with Crippen molar-refractivity contribution in [2.24, 2.45) is 0 Å². The number of carbonyl (C=O) groups excluding carboxylic acids is 2. The maximum atomic E-state index is 12.2. The SMILES string of the molecule is CC(=O)NCCc1ccc(-c2csc(NC(=O)COc3cc(C)ccc3C)n2)cc1. The second kappa shape index (κ2) is 10.0.